The largest absolute Gasteiger partial charge is 0.490 e. The van der Waals surface area contributed by atoms with E-state index >= 15 is 0 Å². The van der Waals surface area contributed by atoms with Gasteiger partial charge in [0.2, 0.25) is 0 Å². The van der Waals surface area contributed by atoms with Crippen LogP contribution in [0.5, 0.6) is 5.75 Å². The van der Waals surface area contributed by atoms with Gasteiger partial charge in [-0.2, -0.15) is 0 Å². The van der Waals surface area contributed by atoms with Gasteiger partial charge in [-0.1, -0.05) is 32.9 Å². The molecule has 0 unspecified atom stereocenters. The number of methoxy groups -OCH3 is 1. The molecule has 0 spiro atoms. The first-order valence-corrected chi connectivity index (χ1v) is 8.07. The minimum atomic E-state index is -0.454. The molecule has 0 radical (unpaired) electrons. The van der Waals surface area contributed by atoms with Crippen LogP contribution in [-0.2, 0) is 10.2 Å². The Bertz CT molecular complexity index is 440. The van der Waals surface area contributed by atoms with Crippen molar-refractivity contribution in [1.82, 2.24) is 0 Å². The Kier molecular flexibility index (Phi) is 7.87. The first-order chi connectivity index (χ1) is 10.3. The van der Waals surface area contributed by atoms with Crippen molar-refractivity contribution in [3.05, 3.63) is 29.3 Å². The molecule has 0 saturated heterocycles. The zero-order valence-corrected chi connectivity index (χ0v) is 14.7. The Morgan fingerprint density at radius 3 is 2.59 bits per heavy atom. The molecule has 0 aromatic heterocycles. The number of quaternary nitrogens is 1. The number of benzene rings is 1. The number of aryl methyl sites for hydroxylation is 1. The summed E-state index contributed by atoms with van der Waals surface area (Å²) < 4.78 is 10.7. The minimum absolute atomic E-state index is 0.139. The summed E-state index contributed by atoms with van der Waals surface area (Å²) in [6.45, 7) is 11.4. The number of hydrogen-bond donors (Lipinski definition) is 2. The van der Waals surface area contributed by atoms with Crippen molar-refractivity contribution in [3.8, 4) is 5.75 Å². The van der Waals surface area contributed by atoms with Crippen LogP contribution in [0.25, 0.3) is 0 Å². The summed E-state index contributed by atoms with van der Waals surface area (Å²) in [6.07, 6.45) is 0.543. The van der Waals surface area contributed by atoms with E-state index in [4.69, 9.17) is 9.47 Å². The second kappa shape index (κ2) is 9.13. The zero-order chi connectivity index (χ0) is 16.6. The van der Waals surface area contributed by atoms with Gasteiger partial charge >= 0.3 is 0 Å². The number of aliphatic hydroxyl groups is 1. The summed E-state index contributed by atoms with van der Waals surface area (Å²) in [5, 5.41) is 12.1. The van der Waals surface area contributed by atoms with Gasteiger partial charge in [-0.15, -0.1) is 0 Å². The Morgan fingerprint density at radius 1 is 1.27 bits per heavy atom. The first-order valence-electron chi connectivity index (χ1n) is 8.07. The quantitative estimate of drug-likeness (QED) is 0.682. The Balaban J connectivity index is 2.38. The molecule has 1 aromatic rings. The van der Waals surface area contributed by atoms with Crippen LogP contribution in [0, 0.1) is 6.92 Å². The molecule has 1 aromatic carbocycles. The van der Waals surface area contributed by atoms with Crippen molar-refractivity contribution in [3.63, 3.8) is 0 Å². The fourth-order valence-electron chi connectivity index (χ4n) is 2.21. The lowest BCUT2D eigenvalue weighted by molar-refractivity contribution is -0.661. The first kappa shape index (κ1) is 18.9. The molecule has 0 saturated carbocycles. The van der Waals surface area contributed by atoms with Gasteiger partial charge in [-0.05, 0) is 29.5 Å². The van der Waals surface area contributed by atoms with Crippen LogP contribution >= 0.6 is 0 Å². The molecule has 4 nitrogen and oxygen atoms in total. The SMILES string of the molecule is COCCC[NH2+]C[C@H](O)COc1ccc(C(C)(C)C)cc1C. The highest BCUT2D eigenvalue weighted by atomic mass is 16.5. The second-order valence-electron chi connectivity index (χ2n) is 6.85. The molecule has 0 aliphatic heterocycles. The van der Waals surface area contributed by atoms with Gasteiger partial charge in [0.05, 0.1) is 13.2 Å². The lowest BCUT2D eigenvalue weighted by Crippen LogP contribution is -2.86. The minimum Gasteiger partial charge on any atom is -0.490 e. The second-order valence-corrected chi connectivity index (χ2v) is 6.85. The van der Waals surface area contributed by atoms with Gasteiger partial charge in [0.1, 0.15) is 25.0 Å². The third-order valence-corrected chi connectivity index (χ3v) is 3.67. The molecule has 0 aliphatic rings. The van der Waals surface area contributed by atoms with Crippen LogP contribution in [0.4, 0.5) is 0 Å². The maximum atomic E-state index is 9.95. The van der Waals surface area contributed by atoms with Crippen LogP contribution in [-0.4, -0.2) is 44.6 Å². The standard InChI is InChI=1S/C18H31NO3/c1-14-11-15(18(2,3)4)7-8-17(14)22-13-16(20)12-19-9-6-10-21-5/h7-8,11,16,19-20H,6,9-10,12-13H2,1-5H3/p+1/t16-/m0/s1. The predicted molar refractivity (Wildman–Crippen MR) is 89.5 cm³/mol. The van der Waals surface area contributed by atoms with E-state index in [-0.39, 0.29) is 5.41 Å². The summed E-state index contributed by atoms with van der Waals surface area (Å²) in [6, 6.07) is 6.27. The molecule has 4 heteroatoms. The van der Waals surface area contributed by atoms with E-state index < -0.39 is 6.10 Å². The Hall–Kier alpha value is -1.10. The average Bonchev–Trinajstić information content (AvgIpc) is 2.44. The molecule has 126 valence electrons. The maximum Gasteiger partial charge on any atom is 0.137 e. The van der Waals surface area contributed by atoms with Crippen molar-refractivity contribution in [2.24, 2.45) is 0 Å². The van der Waals surface area contributed by atoms with Crippen LogP contribution in [0.3, 0.4) is 0 Å². The predicted octanol–water partition coefficient (Wildman–Crippen LogP) is 1.63. The molecule has 0 amide bonds. The highest BCUT2D eigenvalue weighted by Crippen LogP contribution is 2.27. The Labute approximate surface area is 134 Å². The third kappa shape index (κ3) is 6.77. The molecule has 0 fully saturated rings. The number of nitrogens with two attached hydrogens (primary N) is 1. The lowest BCUT2D eigenvalue weighted by Gasteiger charge is -2.21. The van der Waals surface area contributed by atoms with E-state index in [1.54, 1.807) is 7.11 Å². The van der Waals surface area contributed by atoms with E-state index in [0.29, 0.717) is 13.2 Å². The number of ether oxygens (including phenoxy) is 2. The van der Waals surface area contributed by atoms with Crippen LogP contribution < -0.4 is 10.1 Å². The Morgan fingerprint density at radius 2 is 2.00 bits per heavy atom. The molecule has 1 atom stereocenters. The van der Waals surface area contributed by atoms with Gasteiger partial charge in [0.15, 0.2) is 0 Å². The van der Waals surface area contributed by atoms with Crippen molar-refractivity contribution >= 4 is 0 Å². The summed E-state index contributed by atoms with van der Waals surface area (Å²) in [5.74, 6) is 0.853. The molecular formula is C18H32NO3+. The van der Waals surface area contributed by atoms with Gasteiger partial charge in [0.25, 0.3) is 0 Å². The normalized spacial score (nSPS) is 13.2. The van der Waals surface area contributed by atoms with Gasteiger partial charge in [-0.3, -0.25) is 0 Å². The maximum absolute atomic E-state index is 9.95. The molecule has 3 N–H and O–H groups in total. The van der Waals surface area contributed by atoms with E-state index in [9.17, 15) is 5.11 Å². The number of hydrogen-bond acceptors (Lipinski definition) is 3. The van der Waals surface area contributed by atoms with Crippen molar-refractivity contribution in [1.29, 1.82) is 0 Å². The fourth-order valence-corrected chi connectivity index (χ4v) is 2.21. The average molecular weight is 310 g/mol. The topological polar surface area (TPSA) is 55.3 Å². The van der Waals surface area contributed by atoms with Gasteiger partial charge < -0.3 is 19.9 Å². The van der Waals surface area contributed by atoms with Crippen LogP contribution in [0.15, 0.2) is 18.2 Å². The molecular weight excluding hydrogens is 278 g/mol. The summed E-state index contributed by atoms with van der Waals surface area (Å²) >= 11 is 0. The van der Waals surface area contributed by atoms with Crippen molar-refractivity contribution in [2.75, 3.05) is 33.4 Å². The third-order valence-electron chi connectivity index (χ3n) is 3.67. The summed E-state index contributed by atoms with van der Waals surface area (Å²) in [4.78, 5) is 0. The fraction of sp³-hybridized carbons (Fsp3) is 0.667. The summed E-state index contributed by atoms with van der Waals surface area (Å²) in [7, 11) is 1.70. The van der Waals surface area contributed by atoms with Gasteiger partial charge in [0, 0.05) is 13.5 Å². The van der Waals surface area contributed by atoms with E-state index in [2.05, 4.69) is 38.2 Å². The van der Waals surface area contributed by atoms with E-state index in [1.807, 2.05) is 13.0 Å². The van der Waals surface area contributed by atoms with Crippen molar-refractivity contribution in [2.45, 2.75) is 45.6 Å². The van der Waals surface area contributed by atoms with Crippen molar-refractivity contribution < 1.29 is 19.9 Å². The molecule has 22 heavy (non-hydrogen) atoms. The number of aliphatic hydroxyl groups excluding tert-OH is 1. The molecule has 0 heterocycles. The zero-order valence-electron chi connectivity index (χ0n) is 14.7. The van der Waals surface area contributed by atoms with E-state index in [0.717, 1.165) is 30.9 Å². The van der Waals surface area contributed by atoms with E-state index in [1.165, 1.54) is 5.56 Å². The highest BCUT2D eigenvalue weighted by Gasteiger charge is 2.15. The monoisotopic (exact) mass is 310 g/mol. The van der Waals surface area contributed by atoms with Gasteiger partial charge in [-0.25, -0.2) is 0 Å². The highest BCUT2D eigenvalue weighted by molar-refractivity contribution is 5.38. The smallest absolute Gasteiger partial charge is 0.137 e. The summed E-state index contributed by atoms with van der Waals surface area (Å²) in [5.41, 5.74) is 2.55. The van der Waals surface area contributed by atoms with Crippen LogP contribution in [0.1, 0.15) is 38.3 Å². The number of rotatable bonds is 9. The molecule has 0 aliphatic carbocycles. The lowest BCUT2D eigenvalue weighted by atomic mass is 9.86. The molecule has 0 bridgehead atoms. The molecule has 1 rings (SSSR count). The van der Waals surface area contributed by atoms with Crippen LogP contribution in [0.2, 0.25) is 0 Å².